The number of carbonyl (C=O) groups excluding carboxylic acids is 2. The number of aliphatic imine (C=N–C) groups is 1. The number of carbonyl (C=O) groups is 3. The van der Waals surface area contributed by atoms with Crippen LogP contribution < -0.4 is 5.32 Å². The Morgan fingerprint density at radius 3 is 2.77 bits per heavy atom. The van der Waals surface area contributed by atoms with Gasteiger partial charge in [0.05, 0.1) is 15.5 Å². The Morgan fingerprint density at radius 1 is 1.31 bits per heavy atom. The van der Waals surface area contributed by atoms with Crippen LogP contribution in [0.5, 0.6) is 0 Å². The Balaban J connectivity index is 1.83. The van der Waals surface area contributed by atoms with E-state index in [2.05, 4.69) is 10.3 Å². The van der Waals surface area contributed by atoms with Crippen LogP contribution in [0.2, 0.25) is 5.02 Å². The second kappa shape index (κ2) is 7.19. The monoisotopic (exact) mass is 390 g/mol. The lowest BCUT2D eigenvalue weighted by Gasteiger charge is -2.02. The summed E-state index contributed by atoms with van der Waals surface area (Å²) in [5.74, 6) is -1.11. The standard InChI is InChI=1S/C17H11ClN2O5S/c1-8(21)19-17-20-15(22)14(26-17)7-10-3-5-13(25-10)9-2-4-12(18)11(6-9)16(23)24/h2-7H,1H3,(H,23,24)(H,19,20,21,22). The van der Waals surface area contributed by atoms with E-state index < -0.39 is 11.9 Å². The fraction of sp³-hybridized carbons (Fsp3) is 0.0588. The highest BCUT2D eigenvalue weighted by Gasteiger charge is 2.23. The van der Waals surface area contributed by atoms with Gasteiger partial charge in [0.15, 0.2) is 5.17 Å². The number of amidine groups is 1. The van der Waals surface area contributed by atoms with Crippen molar-refractivity contribution in [2.24, 2.45) is 4.99 Å². The number of carboxylic acids is 1. The van der Waals surface area contributed by atoms with E-state index in [1.165, 1.54) is 25.1 Å². The SMILES string of the molecule is CC(=O)NC1=NC(=O)C(=Cc2ccc(-c3ccc(Cl)c(C(=O)O)c3)o2)S1. The van der Waals surface area contributed by atoms with Crippen molar-refractivity contribution in [2.75, 3.05) is 0 Å². The Bertz CT molecular complexity index is 993. The molecular weight excluding hydrogens is 380 g/mol. The predicted molar refractivity (Wildman–Crippen MR) is 97.9 cm³/mol. The topological polar surface area (TPSA) is 109 Å². The van der Waals surface area contributed by atoms with Crippen molar-refractivity contribution < 1.29 is 23.9 Å². The van der Waals surface area contributed by atoms with Crippen LogP contribution in [0, 0.1) is 0 Å². The number of thioether (sulfide) groups is 1. The number of furan rings is 1. The van der Waals surface area contributed by atoms with E-state index in [0.29, 0.717) is 22.0 Å². The molecule has 7 nitrogen and oxygen atoms in total. The molecule has 2 N–H and O–H groups in total. The Morgan fingerprint density at radius 2 is 2.08 bits per heavy atom. The molecule has 132 valence electrons. The molecule has 1 aliphatic heterocycles. The van der Waals surface area contributed by atoms with Crippen molar-refractivity contribution >= 4 is 52.4 Å². The van der Waals surface area contributed by atoms with Gasteiger partial charge in [-0.2, -0.15) is 4.99 Å². The Labute approximate surface area is 156 Å². The van der Waals surface area contributed by atoms with Crippen molar-refractivity contribution in [3.63, 3.8) is 0 Å². The number of hydrogen-bond acceptors (Lipinski definition) is 5. The maximum atomic E-state index is 11.9. The molecule has 0 atom stereocenters. The number of nitrogens with zero attached hydrogens (tertiary/aromatic N) is 1. The molecule has 9 heteroatoms. The molecule has 0 aliphatic carbocycles. The van der Waals surface area contributed by atoms with Crippen LogP contribution in [-0.4, -0.2) is 28.1 Å². The molecule has 0 saturated heterocycles. The third-order valence-corrected chi connectivity index (χ3v) is 4.51. The number of benzene rings is 1. The minimum absolute atomic E-state index is 0.0321. The quantitative estimate of drug-likeness (QED) is 0.777. The number of nitrogens with one attached hydrogen (secondary N) is 1. The molecule has 0 bridgehead atoms. The number of rotatable bonds is 3. The smallest absolute Gasteiger partial charge is 0.337 e. The normalized spacial score (nSPS) is 15.2. The first-order valence-electron chi connectivity index (χ1n) is 7.26. The summed E-state index contributed by atoms with van der Waals surface area (Å²) in [6.45, 7) is 1.32. The molecule has 0 unspecified atom stereocenters. The first kappa shape index (κ1) is 18.0. The lowest BCUT2D eigenvalue weighted by atomic mass is 10.1. The summed E-state index contributed by atoms with van der Waals surface area (Å²) in [6, 6.07) is 7.82. The van der Waals surface area contributed by atoms with E-state index in [1.54, 1.807) is 18.2 Å². The number of halogens is 1. The lowest BCUT2D eigenvalue weighted by Crippen LogP contribution is -2.23. The van der Waals surface area contributed by atoms with Crippen LogP contribution in [0.15, 0.2) is 44.6 Å². The van der Waals surface area contributed by atoms with Crippen molar-refractivity contribution in [1.29, 1.82) is 0 Å². The first-order valence-corrected chi connectivity index (χ1v) is 8.46. The minimum Gasteiger partial charge on any atom is -0.478 e. The molecule has 0 saturated carbocycles. The number of amides is 2. The number of hydrogen-bond donors (Lipinski definition) is 2. The molecule has 26 heavy (non-hydrogen) atoms. The van der Waals surface area contributed by atoms with E-state index in [9.17, 15) is 14.4 Å². The average molecular weight is 391 g/mol. The second-order valence-corrected chi connectivity index (χ2v) is 6.65. The van der Waals surface area contributed by atoms with Crippen LogP contribution in [0.4, 0.5) is 0 Å². The molecule has 1 aromatic carbocycles. The summed E-state index contributed by atoms with van der Waals surface area (Å²) >= 11 is 6.89. The fourth-order valence-electron chi connectivity index (χ4n) is 2.17. The maximum absolute atomic E-state index is 11.9. The first-order chi connectivity index (χ1) is 12.3. The van der Waals surface area contributed by atoms with Gasteiger partial charge in [-0.3, -0.25) is 9.59 Å². The molecule has 3 rings (SSSR count). The molecular formula is C17H11ClN2O5S. The largest absolute Gasteiger partial charge is 0.478 e. The highest BCUT2D eigenvalue weighted by molar-refractivity contribution is 8.18. The van der Waals surface area contributed by atoms with Crippen molar-refractivity contribution in [2.45, 2.75) is 6.92 Å². The zero-order valence-corrected chi connectivity index (χ0v) is 14.9. The van der Waals surface area contributed by atoms with Gasteiger partial charge in [-0.25, -0.2) is 4.79 Å². The van der Waals surface area contributed by atoms with Gasteiger partial charge in [-0.15, -0.1) is 0 Å². The van der Waals surface area contributed by atoms with Gasteiger partial charge in [0.25, 0.3) is 5.91 Å². The zero-order chi connectivity index (χ0) is 18.8. The van der Waals surface area contributed by atoms with Gasteiger partial charge in [0.1, 0.15) is 11.5 Å². The van der Waals surface area contributed by atoms with Crippen LogP contribution in [0.25, 0.3) is 17.4 Å². The van der Waals surface area contributed by atoms with Crippen LogP contribution in [0.1, 0.15) is 23.0 Å². The lowest BCUT2D eigenvalue weighted by molar-refractivity contribution is -0.117. The Hall–Kier alpha value is -2.84. The maximum Gasteiger partial charge on any atom is 0.337 e. The van der Waals surface area contributed by atoms with Gasteiger partial charge in [0.2, 0.25) is 5.91 Å². The summed E-state index contributed by atoms with van der Waals surface area (Å²) < 4.78 is 5.65. The summed E-state index contributed by atoms with van der Waals surface area (Å²) in [6.07, 6.45) is 1.50. The fourth-order valence-corrected chi connectivity index (χ4v) is 3.21. The minimum atomic E-state index is -1.14. The van der Waals surface area contributed by atoms with Gasteiger partial charge in [-0.1, -0.05) is 11.6 Å². The van der Waals surface area contributed by atoms with Gasteiger partial charge < -0.3 is 14.8 Å². The summed E-state index contributed by atoms with van der Waals surface area (Å²) in [4.78, 5) is 38.1. The molecule has 2 amide bonds. The molecule has 1 aliphatic rings. The van der Waals surface area contributed by atoms with Crippen molar-refractivity contribution in [3.05, 3.63) is 51.6 Å². The summed E-state index contributed by atoms with van der Waals surface area (Å²) in [7, 11) is 0. The van der Waals surface area contributed by atoms with Gasteiger partial charge in [0, 0.05) is 18.6 Å². The molecule has 0 spiro atoms. The third-order valence-electron chi connectivity index (χ3n) is 3.28. The summed E-state index contributed by atoms with van der Waals surface area (Å²) in [5, 5.41) is 11.9. The van der Waals surface area contributed by atoms with E-state index >= 15 is 0 Å². The van der Waals surface area contributed by atoms with Crippen LogP contribution >= 0.6 is 23.4 Å². The molecule has 1 aromatic heterocycles. The zero-order valence-electron chi connectivity index (χ0n) is 13.3. The Kier molecular flexibility index (Phi) is 4.97. The van der Waals surface area contributed by atoms with Crippen molar-refractivity contribution in [1.82, 2.24) is 5.32 Å². The van der Waals surface area contributed by atoms with E-state index in [1.807, 2.05) is 0 Å². The number of carboxylic acid groups (broad SMARTS) is 1. The molecule has 0 radical (unpaired) electrons. The van der Waals surface area contributed by atoms with Crippen LogP contribution in [-0.2, 0) is 9.59 Å². The molecule has 0 fully saturated rings. The third kappa shape index (κ3) is 3.87. The number of aromatic carboxylic acids is 1. The highest BCUT2D eigenvalue weighted by Crippen LogP contribution is 2.31. The van der Waals surface area contributed by atoms with Crippen LogP contribution in [0.3, 0.4) is 0 Å². The summed E-state index contributed by atoms with van der Waals surface area (Å²) in [5.41, 5.74) is 0.507. The predicted octanol–water partition coefficient (Wildman–Crippen LogP) is 3.40. The van der Waals surface area contributed by atoms with E-state index in [-0.39, 0.29) is 21.7 Å². The molecule has 2 heterocycles. The highest BCUT2D eigenvalue weighted by atomic mass is 35.5. The van der Waals surface area contributed by atoms with Gasteiger partial charge >= 0.3 is 5.97 Å². The van der Waals surface area contributed by atoms with Gasteiger partial charge in [-0.05, 0) is 42.1 Å². The second-order valence-electron chi connectivity index (χ2n) is 5.22. The average Bonchev–Trinajstić information content (AvgIpc) is 3.14. The van der Waals surface area contributed by atoms with Crippen molar-refractivity contribution in [3.8, 4) is 11.3 Å². The van der Waals surface area contributed by atoms with E-state index in [0.717, 1.165) is 11.8 Å². The molecule has 2 aromatic rings. The van der Waals surface area contributed by atoms with E-state index in [4.69, 9.17) is 21.1 Å².